The molecule has 7 heteroatoms. The molecule has 4 nitrogen and oxygen atoms in total. The summed E-state index contributed by atoms with van der Waals surface area (Å²) in [5.41, 5.74) is 7.47. The Bertz CT molecular complexity index is 3160. The van der Waals surface area contributed by atoms with E-state index in [1.54, 1.807) is 22.7 Å². The van der Waals surface area contributed by atoms with Crippen LogP contribution in [0.2, 0.25) is 0 Å². The van der Waals surface area contributed by atoms with Crippen molar-refractivity contribution in [1.82, 2.24) is 19.9 Å². The minimum Gasteiger partial charge on any atom is -0.236 e. The molecule has 0 spiro atoms. The molecule has 0 atom stereocenters. The number of hydrogen-bond acceptors (Lipinski definition) is 7. The van der Waals surface area contributed by atoms with Crippen LogP contribution in [-0.2, 0) is 0 Å². The van der Waals surface area contributed by atoms with E-state index in [0.29, 0.717) is 17.5 Å². The molecule has 0 bridgehead atoms. The van der Waals surface area contributed by atoms with Crippen molar-refractivity contribution in [3.63, 3.8) is 0 Å². The molecule has 0 amide bonds. The average molecular weight is 731 g/mol. The molecule has 4 aromatic heterocycles. The zero-order valence-corrected chi connectivity index (χ0v) is 30.5. The molecule has 11 aromatic rings. The summed E-state index contributed by atoms with van der Waals surface area (Å²) < 4.78 is 6.13. The number of thiophene rings is 2. The summed E-state index contributed by atoms with van der Waals surface area (Å²) in [5.74, 6) is 1.99. The Morgan fingerprint density at radius 1 is 0.340 bits per heavy atom. The third kappa shape index (κ3) is 5.16. The van der Waals surface area contributed by atoms with E-state index in [2.05, 4.69) is 133 Å². The molecule has 4 heterocycles. The molecule has 0 aliphatic heterocycles. The van der Waals surface area contributed by atoms with E-state index in [-0.39, 0.29) is 0 Å². The van der Waals surface area contributed by atoms with Crippen molar-refractivity contribution < 1.29 is 0 Å². The molecular formula is C46H26N4S3. The zero-order valence-electron chi connectivity index (χ0n) is 28.0. The maximum atomic E-state index is 5.22. The Morgan fingerprint density at radius 3 is 1.91 bits per heavy atom. The number of thiazole rings is 1. The monoisotopic (exact) mass is 730 g/mol. The number of para-hydroxylation sites is 1. The van der Waals surface area contributed by atoms with E-state index in [1.807, 2.05) is 35.6 Å². The minimum absolute atomic E-state index is 0.658. The van der Waals surface area contributed by atoms with Crippen LogP contribution in [0.15, 0.2) is 158 Å². The average Bonchev–Trinajstić information content (AvgIpc) is 3.94. The molecule has 0 fully saturated rings. The Morgan fingerprint density at radius 2 is 1.00 bits per heavy atom. The fourth-order valence-corrected chi connectivity index (χ4v) is 10.7. The first-order valence-corrected chi connectivity index (χ1v) is 19.8. The second-order valence-corrected chi connectivity index (χ2v) is 16.2. The predicted octanol–water partition coefficient (Wildman–Crippen LogP) is 13.6. The fraction of sp³-hybridized carbons (Fsp3) is 0. The Hall–Kier alpha value is -6.12. The molecule has 0 unspecified atom stereocenters. The quantitative estimate of drug-likeness (QED) is 0.177. The van der Waals surface area contributed by atoms with Crippen LogP contribution in [0.3, 0.4) is 0 Å². The molecule has 11 rings (SSSR count). The smallest absolute Gasteiger partial charge is 0.164 e. The SMILES string of the molecule is c1ccc(-c2nc(-c3ccc4c(c3)sc3ccccc34)nc(-c3cccc4sc5c(-c6cccc(-c7nc8ccccc8s7)c6)cccc5c34)n2)cc1. The summed E-state index contributed by atoms with van der Waals surface area (Å²) in [5, 5.41) is 5.92. The molecule has 53 heavy (non-hydrogen) atoms. The third-order valence-corrected chi connectivity index (χ3v) is 13.2. The standard InChI is InChI=1S/C46H26N4S3/c1-2-11-27(12-3-1)43-48-44(29-23-24-33-32-15-4-6-20-37(32)51-40(33)26-29)50-45(49-43)35-18-10-22-39-41(35)34-17-9-16-31(42(34)52-39)28-13-8-14-30(25-28)46-47-36-19-5-7-21-38(36)53-46/h1-26H. The maximum absolute atomic E-state index is 5.22. The van der Waals surface area contributed by atoms with Crippen LogP contribution in [0, 0.1) is 0 Å². The van der Waals surface area contributed by atoms with E-state index >= 15 is 0 Å². The van der Waals surface area contributed by atoms with E-state index < -0.39 is 0 Å². The van der Waals surface area contributed by atoms with Crippen LogP contribution in [0.1, 0.15) is 0 Å². The number of nitrogens with zero attached hydrogens (tertiary/aromatic N) is 4. The van der Waals surface area contributed by atoms with Gasteiger partial charge in [-0.1, -0.05) is 121 Å². The Balaban J connectivity index is 1.08. The molecule has 0 saturated heterocycles. The van der Waals surface area contributed by atoms with E-state index in [1.165, 1.54) is 50.8 Å². The van der Waals surface area contributed by atoms with Gasteiger partial charge in [0.1, 0.15) is 5.01 Å². The van der Waals surface area contributed by atoms with Crippen molar-refractivity contribution in [3.05, 3.63) is 158 Å². The summed E-state index contributed by atoms with van der Waals surface area (Å²) in [4.78, 5) is 20.4. The van der Waals surface area contributed by atoms with Crippen molar-refractivity contribution >= 4 is 84.6 Å². The minimum atomic E-state index is 0.658. The molecule has 0 aliphatic rings. The normalized spacial score (nSPS) is 11.8. The lowest BCUT2D eigenvalue weighted by molar-refractivity contribution is 1.08. The maximum Gasteiger partial charge on any atom is 0.164 e. The molecule has 0 radical (unpaired) electrons. The number of fused-ring (bicyclic) bond motifs is 7. The van der Waals surface area contributed by atoms with Crippen LogP contribution >= 0.6 is 34.0 Å². The summed E-state index contributed by atoms with van der Waals surface area (Å²) >= 11 is 5.36. The largest absolute Gasteiger partial charge is 0.236 e. The topological polar surface area (TPSA) is 51.6 Å². The molecule has 7 aromatic carbocycles. The van der Waals surface area contributed by atoms with Gasteiger partial charge < -0.3 is 0 Å². The van der Waals surface area contributed by atoms with Gasteiger partial charge in [0.2, 0.25) is 0 Å². The van der Waals surface area contributed by atoms with Crippen LogP contribution in [-0.4, -0.2) is 19.9 Å². The first kappa shape index (κ1) is 30.5. The van der Waals surface area contributed by atoms with Gasteiger partial charge in [0.25, 0.3) is 0 Å². The van der Waals surface area contributed by atoms with Gasteiger partial charge in [0.15, 0.2) is 17.5 Å². The van der Waals surface area contributed by atoms with Gasteiger partial charge in [0, 0.05) is 62.6 Å². The molecule has 0 aliphatic carbocycles. The lowest BCUT2D eigenvalue weighted by Crippen LogP contribution is -2.00. The van der Waals surface area contributed by atoms with E-state index in [9.17, 15) is 0 Å². The van der Waals surface area contributed by atoms with Gasteiger partial charge in [-0.15, -0.1) is 34.0 Å². The Kier molecular flexibility index (Phi) is 7.05. The van der Waals surface area contributed by atoms with E-state index in [0.717, 1.165) is 38.2 Å². The van der Waals surface area contributed by atoms with Crippen LogP contribution < -0.4 is 0 Å². The second kappa shape index (κ2) is 12.2. The fourth-order valence-electron chi connectivity index (χ4n) is 7.28. The van der Waals surface area contributed by atoms with Gasteiger partial charge in [-0.2, -0.15) is 0 Å². The third-order valence-electron chi connectivity index (χ3n) is 9.78. The van der Waals surface area contributed by atoms with Gasteiger partial charge in [0.05, 0.1) is 10.2 Å². The van der Waals surface area contributed by atoms with Crippen molar-refractivity contribution in [3.8, 4) is 55.9 Å². The lowest BCUT2D eigenvalue weighted by atomic mass is 9.99. The predicted molar refractivity (Wildman–Crippen MR) is 226 cm³/mol. The highest BCUT2D eigenvalue weighted by atomic mass is 32.1. The lowest BCUT2D eigenvalue weighted by Gasteiger charge is -2.10. The van der Waals surface area contributed by atoms with Gasteiger partial charge >= 0.3 is 0 Å². The highest BCUT2D eigenvalue weighted by Crippen LogP contribution is 2.44. The number of hydrogen-bond donors (Lipinski definition) is 0. The van der Waals surface area contributed by atoms with Crippen LogP contribution in [0.4, 0.5) is 0 Å². The molecule has 0 N–H and O–H groups in total. The van der Waals surface area contributed by atoms with Crippen LogP contribution in [0.25, 0.3) is 106 Å². The summed E-state index contributed by atoms with van der Waals surface area (Å²) in [6, 6.07) is 55.6. The highest BCUT2D eigenvalue weighted by Gasteiger charge is 2.19. The van der Waals surface area contributed by atoms with Crippen molar-refractivity contribution in [2.75, 3.05) is 0 Å². The highest BCUT2D eigenvalue weighted by molar-refractivity contribution is 7.26. The van der Waals surface area contributed by atoms with Crippen molar-refractivity contribution in [2.45, 2.75) is 0 Å². The number of aromatic nitrogens is 4. The molecule has 248 valence electrons. The summed E-state index contributed by atoms with van der Waals surface area (Å²) in [6.07, 6.45) is 0. The zero-order chi connectivity index (χ0) is 34.9. The first-order valence-electron chi connectivity index (χ1n) is 17.4. The van der Waals surface area contributed by atoms with Crippen LogP contribution in [0.5, 0.6) is 0 Å². The van der Waals surface area contributed by atoms with Crippen molar-refractivity contribution in [1.29, 1.82) is 0 Å². The molecule has 0 saturated carbocycles. The van der Waals surface area contributed by atoms with Crippen molar-refractivity contribution in [2.24, 2.45) is 0 Å². The van der Waals surface area contributed by atoms with E-state index in [4.69, 9.17) is 19.9 Å². The van der Waals surface area contributed by atoms with Gasteiger partial charge in [-0.25, -0.2) is 19.9 Å². The summed E-state index contributed by atoms with van der Waals surface area (Å²) in [6.45, 7) is 0. The Labute approximate surface area is 316 Å². The van der Waals surface area contributed by atoms with Gasteiger partial charge in [-0.3, -0.25) is 0 Å². The number of benzene rings is 7. The second-order valence-electron chi connectivity index (χ2n) is 13.0. The van der Waals surface area contributed by atoms with Gasteiger partial charge in [-0.05, 0) is 47.5 Å². The number of rotatable bonds is 5. The molecular weight excluding hydrogens is 705 g/mol. The summed E-state index contributed by atoms with van der Waals surface area (Å²) in [7, 11) is 0. The first-order chi connectivity index (χ1) is 26.2.